The van der Waals surface area contributed by atoms with Gasteiger partial charge in [-0.1, -0.05) is 27.7 Å². The molecule has 2 aliphatic carbocycles. The van der Waals surface area contributed by atoms with Gasteiger partial charge in [-0.25, -0.2) is 0 Å². The number of carbonyl (C=O) groups excluding carboxylic acids is 1. The number of carbonyl (C=O) groups is 1. The van der Waals surface area contributed by atoms with E-state index in [1.807, 2.05) is 19.9 Å². The van der Waals surface area contributed by atoms with E-state index < -0.39 is 0 Å². The van der Waals surface area contributed by atoms with Crippen molar-refractivity contribution in [1.82, 2.24) is 5.32 Å². The Morgan fingerprint density at radius 1 is 1.16 bits per heavy atom. The fourth-order valence-electron chi connectivity index (χ4n) is 7.01. The van der Waals surface area contributed by atoms with Crippen molar-refractivity contribution >= 4 is 5.91 Å². The molecule has 0 radical (unpaired) electrons. The minimum Gasteiger partial charge on any atom is -0.496 e. The lowest BCUT2D eigenvalue weighted by molar-refractivity contribution is -0.139. The Bertz CT molecular complexity index is 896. The number of fused-ring (bicyclic) bond motifs is 2. The molecule has 1 N–H and O–H groups in total. The number of nitrogens with one attached hydrogen (secondary N) is 1. The van der Waals surface area contributed by atoms with Crippen LogP contribution >= 0.6 is 0 Å². The van der Waals surface area contributed by atoms with Gasteiger partial charge in [-0.3, -0.25) is 4.79 Å². The van der Waals surface area contributed by atoms with E-state index in [9.17, 15) is 4.79 Å². The standard InChI is InChI=1S/C26H37NO5/c1-15(2)23(28)27-24-25(3,4)16-11-18-22(32-10-7-26(18,24)14-16)17-12-20-21(13-19(17)29-5)31-9-6-8-30-20/h12-13,15-16,18,22,24H,6-11,14H2,1-5H3,(H,27,28)/t16-,18-,22-,24+,26-/m1/s1. The molecule has 32 heavy (non-hydrogen) atoms. The molecule has 1 aromatic carbocycles. The zero-order chi connectivity index (χ0) is 22.7. The molecule has 1 saturated heterocycles. The molecule has 5 rings (SSSR count). The van der Waals surface area contributed by atoms with Gasteiger partial charge in [0.25, 0.3) is 0 Å². The van der Waals surface area contributed by atoms with Crippen LogP contribution < -0.4 is 19.5 Å². The Hall–Kier alpha value is -1.95. The van der Waals surface area contributed by atoms with Crippen molar-refractivity contribution in [3.8, 4) is 17.2 Å². The van der Waals surface area contributed by atoms with Crippen LogP contribution in [0, 0.1) is 28.6 Å². The van der Waals surface area contributed by atoms with Gasteiger partial charge in [0.15, 0.2) is 11.5 Å². The van der Waals surface area contributed by atoms with Crippen molar-refractivity contribution in [2.75, 3.05) is 26.9 Å². The molecule has 2 aliphatic heterocycles. The first kappa shape index (κ1) is 21.9. The molecule has 0 unspecified atom stereocenters. The van der Waals surface area contributed by atoms with E-state index in [1.165, 1.54) is 0 Å². The summed E-state index contributed by atoms with van der Waals surface area (Å²) in [5, 5.41) is 3.48. The van der Waals surface area contributed by atoms with Gasteiger partial charge in [0.1, 0.15) is 5.75 Å². The molecule has 176 valence electrons. The van der Waals surface area contributed by atoms with Gasteiger partial charge in [0.2, 0.25) is 5.91 Å². The summed E-state index contributed by atoms with van der Waals surface area (Å²) in [5.74, 6) is 3.35. The van der Waals surface area contributed by atoms with Crippen molar-refractivity contribution < 1.29 is 23.7 Å². The zero-order valence-electron chi connectivity index (χ0n) is 20.0. The molecule has 3 fully saturated rings. The third-order valence-corrected chi connectivity index (χ3v) is 8.72. The average molecular weight is 444 g/mol. The first-order valence-electron chi connectivity index (χ1n) is 12.2. The van der Waals surface area contributed by atoms with Crippen molar-refractivity contribution in [3.05, 3.63) is 17.7 Å². The monoisotopic (exact) mass is 443 g/mol. The van der Waals surface area contributed by atoms with E-state index >= 15 is 0 Å². The van der Waals surface area contributed by atoms with Gasteiger partial charge in [0, 0.05) is 36.6 Å². The number of hydrogen-bond donors (Lipinski definition) is 1. The Morgan fingerprint density at radius 2 is 1.88 bits per heavy atom. The van der Waals surface area contributed by atoms with Crippen molar-refractivity contribution in [1.29, 1.82) is 0 Å². The van der Waals surface area contributed by atoms with Gasteiger partial charge in [-0.2, -0.15) is 0 Å². The zero-order valence-corrected chi connectivity index (χ0v) is 20.0. The smallest absolute Gasteiger partial charge is 0.222 e. The van der Waals surface area contributed by atoms with Gasteiger partial charge in [-0.15, -0.1) is 0 Å². The van der Waals surface area contributed by atoms with Crippen molar-refractivity contribution in [3.63, 3.8) is 0 Å². The molecular formula is C26H37NO5. The van der Waals surface area contributed by atoms with E-state index in [0.29, 0.717) is 31.7 Å². The Labute approximate surface area is 191 Å². The third kappa shape index (κ3) is 3.20. The van der Waals surface area contributed by atoms with Crippen molar-refractivity contribution in [2.24, 2.45) is 28.6 Å². The number of hydrogen-bond acceptors (Lipinski definition) is 5. The maximum absolute atomic E-state index is 12.8. The fraction of sp³-hybridized carbons (Fsp3) is 0.731. The van der Waals surface area contributed by atoms with Crippen molar-refractivity contribution in [2.45, 2.75) is 65.5 Å². The summed E-state index contributed by atoms with van der Waals surface area (Å²) in [6.07, 6.45) is 4.05. The summed E-state index contributed by atoms with van der Waals surface area (Å²) in [6.45, 7) is 10.6. The van der Waals surface area contributed by atoms with E-state index in [-0.39, 0.29) is 34.8 Å². The van der Waals surface area contributed by atoms with E-state index in [1.54, 1.807) is 7.11 Å². The second-order valence-electron chi connectivity index (χ2n) is 11.0. The summed E-state index contributed by atoms with van der Waals surface area (Å²) >= 11 is 0. The highest BCUT2D eigenvalue weighted by Gasteiger charge is 2.68. The lowest BCUT2D eigenvalue weighted by Gasteiger charge is -2.53. The van der Waals surface area contributed by atoms with Crippen LogP contribution in [0.25, 0.3) is 0 Å². The van der Waals surface area contributed by atoms with Crippen LogP contribution in [0.1, 0.15) is 65.0 Å². The number of amides is 1. The highest BCUT2D eigenvalue weighted by atomic mass is 16.5. The van der Waals surface area contributed by atoms with Crippen LogP contribution in [0.2, 0.25) is 0 Å². The highest BCUT2D eigenvalue weighted by molar-refractivity contribution is 5.78. The molecule has 1 spiro atoms. The van der Waals surface area contributed by atoms with Gasteiger partial charge < -0.3 is 24.3 Å². The van der Waals surface area contributed by atoms with Gasteiger partial charge in [-0.05, 0) is 48.0 Å². The summed E-state index contributed by atoms with van der Waals surface area (Å²) < 4.78 is 24.2. The van der Waals surface area contributed by atoms with Gasteiger partial charge >= 0.3 is 0 Å². The van der Waals surface area contributed by atoms with Crippen LogP contribution in [0.4, 0.5) is 0 Å². The van der Waals surface area contributed by atoms with E-state index in [0.717, 1.165) is 48.5 Å². The topological polar surface area (TPSA) is 66.0 Å². The van der Waals surface area contributed by atoms with Crippen LogP contribution in [0.3, 0.4) is 0 Å². The lowest BCUT2D eigenvalue weighted by Crippen LogP contribution is -2.59. The maximum Gasteiger partial charge on any atom is 0.222 e. The molecule has 1 amide bonds. The first-order valence-corrected chi connectivity index (χ1v) is 12.2. The molecule has 4 aliphatic rings. The number of ether oxygens (including phenoxy) is 4. The van der Waals surface area contributed by atoms with E-state index in [2.05, 4.69) is 25.2 Å². The number of benzene rings is 1. The molecule has 1 aromatic rings. The molecule has 6 heteroatoms. The SMILES string of the molecule is COc1cc2c(cc1[C@H]1OCC[C@@]34C[C@@H](C[C@H]13)C(C)(C)[C@@H]4NC(=O)C(C)C)OCCCO2. The summed E-state index contributed by atoms with van der Waals surface area (Å²) in [6, 6.07) is 4.18. The molecule has 5 atom stereocenters. The first-order chi connectivity index (χ1) is 15.3. The Balaban J connectivity index is 1.52. The van der Waals surface area contributed by atoms with Crippen LogP contribution in [-0.2, 0) is 9.53 Å². The molecule has 0 aromatic heterocycles. The fourth-order valence-corrected chi connectivity index (χ4v) is 7.01. The van der Waals surface area contributed by atoms with Crippen LogP contribution in [-0.4, -0.2) is 38.9 Å². The van der Waals surface area contributed by atoms with Crippen LogP contribution in [0.15, 0.2) is 12.1 Å². The quantitative estimate of drug-likeness (QED) is 0.742. The molecule has 2 saturated carbocycles. The summed E-state index contributed by atoms with van der Waals surface area (Å²) in [5.41, 5.74) is 1.18. The van der Waals surface area contributed by atoms with Gasteiger partial charge in [0.05, 0.1) is 26.4 Å². The average Bonchev–Trinajstić information content (AvgIpc) is 3.14. The summed E-state index contributed by atoms with van der Waals surface area (Å²) in [7, 11) is 1.71. The molecule has 2 heterocycles. The minimum atomic E-state index is -0.0737. The normalized spacial score (nSPS) is 34.7. The molecular weight excluding hydrogens is 406 g/mol. The largest absolute Gasteiger partial charge is 0.496 e. The number of rotatable bonds is 4. The Morgan fingerprint density at radius 3 is 2.56 bits per heavy atom. The third-order valence-electron chi connectivity index (χ3n) is 8.72. The lowest BCUT2D eigenvalue weighted by atomic mass is 9.58. The second kappa shape index (κ2) is 7.82. The maximum atomic E-state index is 12.8. The summed E-state index contributed by atoms with van der Waals surface area (Å²) in [4.78, 5) is 12.8. The predicted molar refractivity (Wildman–Crippen MR) is 121 cm³/mol. The second-order valence-corrected chi connectivity index (χ2v) is 11.0. The Kier molecular flexibility index (Phi) is 5.35. The highest BCUT2D eigenvalue weighted by Crippen LogP contribution is 2.71. The predicted octanol–water partition coefficient (Wildman–Crippen LogP) is 4.51. The minimum absolute atomic E-state index is 0.0164. The number of methoxy groups -OCH3 is 1. The van der Waals surface area contributed by atoms with E-state index in [4.69, 9.17) is 18.9 Å². The molecule has 2 bridgehead atoms. The van der Waals surface area contributed by atoms with Crippen LogP contribution in [0.5, 0.6) is 17.2 Å². The molecule has 6 nitrogen and oxygen atoms in total.